The number of pyridine rings is 1. The second kappa shape index (κ2) is 5.69. The molecule has 0 saturated carbocycles. The average Bonchev–Trinajstić information content (AvgIpc) is 2.85. The number of aromatic nitrogens is 1. The van der Waals surface area contributed by atoms with Crippen LogP contribution in [0, 0.1) is 0 Å². The zero-order valence-corrected chi connectivity index (χ0v) is 11.3. The minimum atomic E-state index is -0.364. The third-order valence-corrected chi connectivity index (χ3v) is 2.74. The topological polar surface area (TPSA) is 52.3 Å². The number of carbonyl (C=O) groups is 1. The molecule has 2 aromatic rings. The van der Waals surface area contributed by atoms with Gasteiger partial charge < -0.3 is 9.15 Å². The molecule has 0 bridgehead atoms. The van der Waals surface area contributed by atoms with Crippen molar-refractivity contribution in [1.29, 1.82) is 0 Å². The number of furan rings is 1. The van der Waals surface area contributed by atoms with E-state index in [0.29, 0.717) is 17.9 Å². The van der Waals surface area contributed by atoms with Gasteiger partial charge in [-0.1, -0.05) is 13.8 Å². The number of hydrogen-bond acceptors (Lipinski definition) is 4. The number of nitrogens with zero attached hydrogens (tertiary/aromatic N) is 1. The van der Waals surface area contributed by atoms with Gasteiger partial charge >= 0.3 is 5.97 Å². The van der Waals surface area contributed by atoms with Crippen LogP contribution in [-0.4, -0.2) is 17.6 Å². The summed E-state index contributed by atoms with van der Waals surface area (Å²) in [6.07, 6.45) is 3.35. The largest absolute Gasteiger partial charge is 0.462 e. The van der Waals surface area contributed by atoms with E-state index in [1.165, 1.54) is 0 Å². The van der Waals surface area contributed by atoms with Gasteiger partial charge in [0.15, 0.2) is 0 Å². The third-order valence-electron chi connectivity index (χ3n) is 2.74. The summed E-state index contributed by atoms with van der Waals surface area (Å²) in [5, 5.41) is 0. The number of hydrogen-bond donors (Lipinski definition) is 0. The summed E-state index contributed by atoms with van der Waals surface area (Å²) < 4.78 is 10.9. The van der Waals surface area contributed by atoms with Gasteiger partial charge in [0.25, 0.3) is 0 Å². The molecule has 2 rings (SSSR count). The van der Waals surface area contributed by atoms with Crippen molar-refractivity contribution in [3.8, 4) is 11.3 Å². The van der Waals surface area contributed by atoms with Crippen molar-refractivity contribution in [3.63, 3.8) is 0 Å². The van der Waals surface area contributed by atoms with Crippen LogP contribution in [0.25, 0.3) is 11.3 Å². The van der Waals surface area contributed by atoms with E-state index < -0.39 is 0 Å². The van der Waals surface area contributed by atoms with Crippen molar-refractivity contribution in [1.82, 2.24) is 4.98 Å². The summed E-state index contributed by atoms with van der Waals surface area (Å²) in [5.74, 6) is 1.13. The van der Waals surface area contributed by atoms with Crippen LogP contribution < -0.4 is 0 Å². The molecule has 0 aliphatic carbocycles. The predicted molar refractivity (Wildman–Crippen MR) is 72.0 cm³/mol. The Morgan fingerprint density at radius 2 is 2.26 bits per heavy atom. The van der Waals surface area contributed by atoms with Gasteiger partial charge in [-0.3, -0.25) is 4.98 Å². The molecule has 4 nitrogen and oxygen atoms in total. The van der Waals surface area contributed by atoms with E-state index in [0.717, 1.165) is 11.3 Å². The number of rotatable bonds is 4. The highest BCUT2D eigenvalue weighted by molar-refractivity contribution is 5.96. The van der Waals surface area contributed by atoms with E-state index in [1.807, 2.05) is 26.0 Å². The summed E-state index contributed by atoms with van der Waals surface area (Å²) in [6, 6.07) is 5.42. The van der Waals surface area contributed by atoms with Gasteiger partial charge in [-0.25, -0.2) is 4.79 Å². The normalized spacial score (nSPS) is 10.7. The quantitative estimate of drug-likeness (QED) is 0.786. The van der Waals surface area contributed by atoms with Crippen LogP contribution in [0.4, 0.5) is 0 Å². The molecule has 0 amide bonds. The number of ether oxygens (including phenoxy) is 1. The first-order valence-corrected chi connectivity index (χ1v) is 6.34. The molecule has 0 saturated heterocycles. The minimum absolute atomic E-state index is 0.207. The summed E-state index contributed by atoms with van der Waals surface area (Å²) in [6.45, 7) is 6.15. The minimum Gasteiger partial charge on any atom is -0.462 e. The first kappa shape index (κ1) is 13.3. The number of carbonyl (C=O) groups excluding carboxylic acids is 1. The molecule has 0 unspecified atom stereocenters. The molecule has 2 aromatic heterocycles. The Morgan fingerprint density at radius 3 is 2.84 bits per heavy atom. The van der Waals surface area contributed by atoms with E-state index >= 15 is 0 Å². The Balaban J connectivity index is 2.49. The molecule has 0 fully saturated rings. The van der Waals surface area contributed by atoms with E-state index in [4.69, 9.17) is 9.15 Å². The standard InChI is InChI=1S/C15H17NO3/c1-4-18-15(17)12-8-13(10(2)3)19-14(12)11-6-5-7-16-9-11/h5-10H,4H2,1-3H3. The molecule has 0 radical (unpaired) electrons. The van der Waals surface area contributed by atoms with Crippen LogP contribution in [0.15, 0.2) is 35.0 Å². The predicted octanol–water partition coefficient (Wildman–Crippen LogP) is 3.64. The molecule has 0 aliphatic heterocycles. The Kier molecular flexibility index (Phi) is 4.00. The van der Waals surface area contributed by atoms with Crippen LogP contribution in [-0.2, 0) is 4.74 Å². The number of esters is 1. The lowest BCUT2D eigenvalue weighted by atomic mass is 10.1. The molecular formula is C15H17NO3. The molecule has 2 heterocycles. The van der Waals surface area contributed by atoms with Crippen molar-refractivity contribution < 1.29 is 13.9 Å². The lowest BCUT2D eigenvalue weighted by Gasteiger charge is -2.02. The second-order valence-electron chi connectivity index (χ2n) is 4.51. The maximum atomic E-state index is 12.0. The maximum Gasteiger partial charge on any atom is 0.342 e. The molecule has 19 heavy (non-hydrogen) atoms. The van der Waals surface area contributed by atoms with Gasteiger partial charge in [-0.15, -0.1) is 0 Å². The maximum absolute atomic E-state index is 12.0. The summed E-state index contributed by atoms with van der Waals surface area (Å²) in [5.41, 5.74) is 1.23. The monoisotopic (exact) mass is 259 g/mol. The fourth-order valence-corrected chi connectivity index (χ4v) is 1.77. The molecular weight excluding hydrogens is 242 g/mol. The first-order chi connectivity index (χ1) is 9.13. The van der Waals surface area contributed by atoms with Crippen molar-refractivity contribution in [2.24, 2.45) is 0 Å². The van der Waals surface area contributed by atoms with E-state index in [9.17, 15) is 4.79 Å². The van der Waals surface area contributed by atoms with Crippen LogP contribution in [0.2, 0.25) is 0 Å². The fraction of sp³-hybridized carbons (Fsp3) is 0.333. The lowest BCUT2D eigenvalue weighted by molar-refractivity contribution is 0.0527. The molecule has 0 N–H and O–H groups in total. The molecule has 100 valence electrons. The zero-order valence-electron chi connectivity index (χ0n) is 11.3. The highest BCUT2D eigenvalue weighted by Gasteiger charge is 2.21. The van der Waals surface area contributed by atoms with Crippen molar-refractivity contribution in [2.45, 2.75) is 26.7 Å². The Labute approximate surface area is 112 Å². The SMILES string of the molecule is CCOC(=O)c1cc(C(C)C)oc1-c1cccnc1. The van der Waals surface area contributed by atoms with Gasteiger partial charge in [0.05, 0.1) is 6.61 Å². The fourth-order valence-electron chi connectivity index (χ4n) is 1.77. The highest BCUT2D eigenvalue weighted by atomic mass is 16.5. The lowest BCUT2D eigenvalue weighted by Crippen LogP contribution is -2.04. The van der Waals surface area contributed by atoms with E-state index in [2.05, 4.69) is 4.98 Å². The van der Waals surface area contributed by atoms with E-state index in [1.54, 1.807) is 25.4 Å². The summed E-state index contributed by atoms with van der Waals surface area (Å²) in [4.78, 5) is 16.0. The third kappa shape index (κ3) is 2.84. The zero-order chi connectivity index (χ0) is 13.8. The molecule has 0 atom stereocenters. The molecule has 0 aliphatic rings. The van der Waals surface area contributed by atoms with Gasteiger partial charge in [0.1, 0.15) is 17.1 Å². The van der Waals surface area contributed by atoms with Crippen molar-refractivity contribution in [3.05, 3.63) is 41.9 Å². The first-order valence-electron chi connectivity index (χ1n) is 6.34. The molecule has 0 aromatic carbocycles. The highest BCUT2D eigenvalue weighted by Crippen LogP contribution is 2.30. The second-order valence-corrected chi connectivity index (χ2v) is 4.51. The van der Waals surface area contributed by atoms with Crippen molar-refractivity contribution >= 4 is 5.97 Å². The van der Waals surface area contributed by atoms with Crippen LogP contribution in [0.3, 0.4) is 0 Å². The Hall–Kier alpha value is -2.10. The van der Waals surface area contributed by atoms with Gasteiger partial charge in [-0.05, 0) is 25.1 Å². The summed E-state index contributed by atoms with van der Waals surface area (Å²) in [7, 11) is 0. The Bertz CT molecular complexity index is 558. The van der Waals surface area contributed by atoms with Gasteiger partial charge in [0.2, 0.25) is 0 Å². The van der Waals surface area contributed by atoms with Crippen LogP contribution in [0.1, 0.15) is 42.8 Å². The van der Waals surface area contributed by atoms with Crippen LogP contribution >= 0.6 is 0 Å². The molecule has 0 spiro atoms. The van der Waals surface area contributed by atoms with Crippen LogP contribution in [0.5, 0.6) is 0 Å². The summed E-state index contributed by atoms with van der Waals surface area (Å²) >= 11 is 0. The molecule has 4 heteroatoms. The average molecular weight is 259 g/mol. The van der Waals surface area contributed by atoms with Crippen molar-refractivity contribution in [2.75, 3.05) is 6.61 Å². The van der Waals surface area contributed by atoms with Gasteiger partial charge in [0, 0.05) is 23.9 Å². The van der Waals surface area contributed by atoms with E-state index in [-0.39, 0.29) is 11.9 Å². The van der Waals surface area contributed by atoms with Gasteiger partial charge in [-0.2, -0.15) is 0 Å². The Morgan fingerprint density at radius 1 is 1.47 bits per heavy atom. The smallest absolute Gasteiger partial charge is 0.342 e.